The minimum absolute atomic E-state index is 0.156. The maximum atomic E-state index is 9.24. The maximum Gasteiger partial charge on any atom is 0.139 e. The molecule has 0 aromatic carbocycles. The van der Waals surface area contributed by atoms with Crippen LogP contribution in [0.15, 0.2) is 11.7 Å². The van der Waals surface area contributed by atoms with Crippen LogP contribution in [0.2, 0.25) is 0 Å². The number of nitrogens with two attached hydrogens (primary N) is 1. The Morgan fingerprint density at radius 2 is 2.27 bits per heavy atom. The van der Waals surface area contributed by atoms with Crippen LogP contribution in [0, 0.1) is 0 Å². The zero-order valence-electron chi connectivity index (χ0n) is 5.48. The molecule has 0 radical (unpaired) electrons. The van der Waals surface area contributed by atoms with E-state index in [1.807, 2.05) is 0 Å². The Bertz CT molecular complexity index is 398. The molecule has 4 nitrogen and oxygen atoms in total. The van der Waals surface area contributed by atoms with E-state index in [4.69, 9.17) is 5.73 Å². The van der Waals surface area contributed by atoms with Crippen molar-refractivity contribution in [2.24, 2.45) is 0 Å². The summed E-state index contributed by atoms with van der Waals surface area (Å²) < 4.78 is 0. The third-order valence-corrected chi connectivity index (χ3v) is 2.25. The Morgan fingerprint density at radius 3 is 3.00 bits per heavy atom. The van der Waals surface area contributed by atoms with Gasteiger partial charge >= 0.3 is 0 Å². The molecule has 0 unspecified atom stereocenters. The van der Waals surface area contributed by atoms with Crippen molar-refractivity contribution in [2.45, 2.75) is 0 Å². The lowest BCUT2D eigenvalue weighted by Crippen LogP contribution is -1.90. The van der Waals surface area contributed by atoms with E-state index in [1.165, 1.54) is 17.7 Å². The number of fused-ring (bicyclic) bond motifs is 1. The van der Waals surface area contributed by atoms with Gasteiger partial charge in [-0.15, -0.1) is 11.3 Å². The van der Waals surface area contributed by atoms with Gasteiger partial charge in [-0.05, 0) is 0 Å². The van der Waals surface area contributed by atoms with Crippen molar-refractivity contribution in [1.82, 2.24) is 9.97 Å². The number of thiophene rings is 1. The smallest absolute Gasteiger partial charge is 0.139 e. The zero-order chi connectivity index (χ0) is 7.84. The van der Waals surface area contributed by atoms with E-state index >= 15 is 0 Å². The van der Waals surface area contributed by atoms with Crippen LogP contribution < -0.4 is 5.73 Å². The summed E-state index contributed by atoms with van der Waals surface area (Å²) in [4.78, 5) is 8.40. The minimum atomic E-state index is 0.156. The molecular weight excluding hydrogens is 162 g/mol. The SMILES string of the molecule is Nc1ncnc2scc(O)c12. The number of aromatic nitrogens is 2. The standard InChI is InChI=1S/C6H5N3OS/c7-5-4-3(10)1-11-6(4)9-2-8-5/h1-2,10H,(H2,7,8,9). The van der Waals surface area contributed by atoms with Crippen LogP contribution in [0.3, 0.4) is 0 Å². The van der Waals surface area contributed by atoms with Crippen LogP contribution in [0.5, 0.6) is 5.75 Å². The number of hydrogen-bond donors (Lipinski definition) is 2. The van der Waals surface area contributed by atoms with Crippen molar-refractivity contribution < 1.29 is 5.11 Å². The molecule has 0 fully saturated rings. The first-order valence-electron chi connectivity index (χ1n) is 2.95. The molecule has 5 heteroatoms. The van der Waals surface area contributed by atoms with Crippen molar-refractivity contribution >= 4 is 27.4 Å². The average Bonchev–Trinajstić information content (AvgIpc) is 2.34. The number of aromatic hydroxyl groups is 1. The molecule has 0 aliphatic carbocycles. The first-order chi connectivity index (χ1) is 5.29. The van der Waals surface area contributed by atoms with Crippen molar-refractivity contribution in [3.8, 4) is 5.75 Å². The normalized spacial score (nSPS) is 10.5. The molecule has 2 rings (SSSR count). The lowest BCUT2D eigenvalue weighted by molar-refractivity contribution is 0.483. The van der Waals surface area contributed by atoms with E-state index in [1.54, 1.807) is 5.38 Å². The molecular formula is C6H5N3OS. The Kier molecular flexibility index (Phi) is 1.19. The Morgan fingerprint density at radius 1 is 1.45 bits per heavy atom. The van der Waals surface area contributed by atoms with Gasteiger partial charge in [0, 0.05) is 5.38 Å². The van der Waals surface area contributed by atoms with Gasteiger partial charge < -0.3 is 10.8 Å². The molecule has 0 bridgehead atoms. The third kappa shape index (κ3) is 0.813. The highest BCUT2D eigenvalue weighted by Gasteiger charge is 2.06. The van der Waals surface area contributed by atoms with Gasteiger partial charge in [0.2, 0.25) is 0 Å². The summed E-state index contributed by atoms with van der Waals surface area (Å²) in [7, 11) is 0. The lowest BCUT2D eigenvalue weighted by Gasteiger charge is -1.92. The first-order valence-corrected chi connectivity index (χ1v) is 3.83. The summed E-state index contributed by atoms with van der Waals surface area (Å²) in [5.41, 5.74) is 5.50. The van der Waals surface area contributed by atoms with E-state index in [-0.39, 0.29) is 5.75 Å². The van der Waals surface area contributed by atoms with Gasteiger partial charge in [-0.25, -0.2) is 9.97 Å². The summed E-state index contributed by atoms with van der Waals surface area (Å²) in [6.07, 6.45) is 1.38. The van der Waals surface area contributed by atoms with Crippen molar-refractivity contribution in [3.63, 3.8) is 0 Å². The number of anilines is 1. The largest absolute Gasteiger partial charge is 0.506 e. The number of nitrogen functional groups attached to an aromatic ring is 1. The molecule has 3 N–H and O–H groups in total. The van der Waals surface area contributed by atoms with Gasteiger partial charge in [0.1, 0.15) is 22.7 Å². The summed E-state index contributed by atoms with van der Waals surface area (Å²) in [6, 6.07) is 0. The molecule has 0 saturated heterocycles. The van der Waals surface area contributed by atoms with Crippen molar-refractivity contribution in [3.05, 3.63) is 11.7 Å². The van der Waals surface area contributed by atoms with Crippen molar-refractivity contribution in [1.29, 1.82) is 0 Å². The second-order valence-corrected chi connectivity index (χ2v) is 2.92. The molecule has 2 aromatic heterocycles. The maximum absolute atomic E-state index is 9.24. The highest BCUT2D eigenvalue weighted by atomic mass is 32.1. The van der Waals surface area contributed by atoms with Crippen LogP contribution in [-0.2, 0) is 0 Å². The highest BCUT2D eigenvalue weighted by Crippen LogP contribution is 2.32. The molecule has 2 aromatic rings. The number of rotatable bonds is 0. The van der Waals surface area contributed by atoms with E-state index in [0.29, 0.717) is 11.2 Å². The number of nitrogens with zero attached hydrogens (tertiary/aromatic N) is 2. The first kappa shape index (κ1) is 6.36. The minimum Gasteiger partial charge on any atom is -0.506 e. The predicted octanol–water partition coefficient (Wildman–Crippen LogP) is 0.979. The third-order valence-electron chi connectivity index (χ3n) is 1.38. The molecule has 0 spiro atoms. The molecule has 0 aliphatic rings. The molecule has 0 saturated carbocycles. The zero-order valence-corrected chi connectivity index (χ0v) is 6.30. The fraction of sp³-hybridized carbons (Fsp3) is 0. The summed E-state index contributed by atoms with van der Waals surface area (Å²) in [5.74, 6) is 0.483. The van der Waals surface area contributed by atoms with Crippen LogP contribution >= 0.6 is 11.3 Å². The van der Waals surface area contributed by atoms with Crippen molar-refractivity contribution in [2.75, 3.05) is 5.73 Å². The molecule has 0 amide bonds. The highest BCUT2D eigenvalue weighted by molar-refractivity contribution is 7.17. The second-order valence-electron chi connectivity index (χ2n) is 2.06. The summed E-state index contributed by atoms with van der Waals surface area (Å²) in [5, 5.41) is 11.4. The molecule has 56 valence electrons. The summed E-state index contributed by atoms with van der Waals surface area (Å²) in [6.45, 7) is 0. The van der Waals surface area contributed by atoms with Gasteiger partial charge in [-0.2, -0.15) is 0 Å². The molecule has 11 heavy (non-hydrogen) atoms. The van der Waals surface area contributed by atoms with Gasteiger partial charge in [0.15, 0.2) is 0 Å². The van der Waals surface area contributed by atoms with Crippen LogP contribution in [0.1, 0.15) is 0 Å². The molecule has 0 aliphatic heterocycles. The lowest BCUT2D eigenvalue weighted by atomic mass is 10.4. The van der Waals surface area contributed by atoms with Crippen LogP contribution in [0.4, 0.5) is 5.82 Å². The van der Waals surface area contributed by atoms with E-state index in [9.17, 15) is 5.11 Å². The average molecular weight is 167 g/mol. The van der Waals surface area contributed by atoms with Gasteiger partial charge in [0.25, 0.3) is 0 Å². The second kappa shape index (κ2) is 2.06. The fourth-order valence-electron chi connectivity index (χ4n) is 0.883. The van der Waals surface area contributed by atoms with Gasteiger partial charge in [-0.3, -0.25) is 0 Å². The summed E-state index contributed by atoms with van der Waals surface area (Å²) >= 11 is 1.35. The molecule has 2 heterocycles. The number of hydrogen-bond acceptors (Lipinski definition) is 5. The monoisotopic (exact) mass is 167 g/mol. The van der Waals surface area contributed by atoms with Crippen LogP contribution in [0.25, 0.3) is 10.2 Å². The Labute approximate surface area is 66.3 Å². The van der Waals surface area contributed by atoms with Crippen LogP contribution in [-0.4, -0.2) is 15.1 Å². The van der Waals surface area contributed by atoms with Gasteiger partial charge in [-0.1, -0.05) is 0 Å². The van der Waals surface area contributed by atoms with E-state index < -0.39 is 0 Å². The fourth-order valence-corrected chi connectivity index (χ4v) is 1.66. The van der Waals surface area contributed by atoms with E-state index in [0.717, 1.165) is 4.83 Å². The Balaban J connectivity index is 2.96. The quantitative estimate of drug-likeness (QED) is 0.613. The topological polar surface area (TPSA) is 72.0 Å². The Hall–Kier alpha value is -1.36. The predicted molar refractivity (Wildman–Crippen MR) is 43.5 cm³/mol. The van der Waals surface area contributed by atoms with Gasteiger partial charge in [0.05, 0.1) is 5.39 Å². The molecule has 0 atom stereocenters. The van der Waals surface area contributed by atoms with E-state index in [2.05, 4.69) is 9.97 Å².